The number of amides is 2. The number of hydrogen-bond acceptors (Lipinski definition) is 7. The molecule has 170 valence electrons. The molecule has 0 fully saturated rings. The summed E-state index contributed by atoms with van der Waals surface area (Å²) in [5.41, 5.74) is 1.27. The highest BCUT2D eigenvalue weighted by Gasteiger charge is 2.38. The molecular formula is C20H27N2O7PS. The predicted octanol–water partition coefficient (Wildman–Crippen LogP) is 3.96. The minimum absolute atomic E-state index is 0.0644. The van der Waals surface area contributed by atoms with Crippen LogP contribution in [0.15, 0.2) is 53.4 Å². The number of nitrogens with one attached hydrogen (secondary N) is 2. The minimum atomic E-state index is -4.14. The smallest absolute Gasteiger partial charge is 0.357 e. The second-order valence-corrected chi connectivity index (χ2v) is 10.2. The fraction of sp³-hybridized carbons (Fsp3) is 0.350. The number of sulfonamides is 1. The van der Waals surface area contributed by atoms with E-state index in [9.17, 15) is 17.8 Å². The van der Waals surface area contributed by atoms with Gasteiger partial charge in [-0.15, -0.1) is 0 Å². The van der Waals surface area contributed by atoms with E-state index in [-0.39, 0.29) is 18.1 Å². The summed E-state index contributed by atoms with van der Waals surface area (Å²) in [5.74, 6) is -0.692. The molecular weight excluding hydrogens is 443 g/mol. The Bertz CT molecular complexity index is 1010. The zero-order valence-electron chi connectivity index (χ0n) is 17.8. The maximum Gasteiger partial charge on any atom is 0.357 e. The van der Waals surface area contributed by atoms with Gasteiger partial charge in [0.2, 0.25) is 0 Å². The first-order valence-electron chi connectivity index (χ1n) is 9.58. The summed E-state index contributed by atoms with van der Waals surface area (Å²) >= 11 is 0. The van der Waals surface area contributed by atoms with Gasteiger partial charge in [-0.2, -0.15) is 0 Å². The number of rotatable bonds is 10. The lowest BCUT2D eigenvalue weighted by atomic mass is 10.2. The van der Waals surface area contributed by atoms with Crippen molar-refractivity contribution < 1.29 is 31.6 Å². The molecule has 0 saturated carbocycles. The van der Waals surface area contributed by atoms with Crippen molar-refractivity contribution in [2.75, 3.05) is 20.3 Å². The van der Waals surface area contributed by atoms with Crippen LogP contribution in [-0.4, -0.2) is 34.8 Å². The molecule has 0 heterocycles. The van der Waals surface area contributed by atoms with Crippen LogP contribution in [0.5, 0.6) is 5.75 Å². The Kier molecular flexibility index (Phi) is 8.64. The average Bonchev–Trinajstić information content (AvgIpc) is 2.72. The number of urea groups is 1. The van der Waals surface area contributed by atoms with Gasteiger partial charge in [0.25, 0.3) is 10.0 Å². The van der Waals surface area contributed by atoms with Crippen molar-refractivity contribution in [3.63, 3.8) is 0 Å². The van der Waals surface area contributed by atoms with E-state index in [4.69, 9.17) is 13.8 Å². The summed E-state index contributed by atoms with van der Waals surface area (Å²) in [7, 11) is -6.52. The van der Waals surface area contributed by atoms with Crippen molar-refractivity contribution in [1.82, 2.24) is 10.0 Å². The molecule has 0 radical (unpaired) electrons. The topological polar surface area (TPSA) is 120 Å². The first-order valence-corrected chi connectivity index (χ1v) is 12.7. The lowest BCUT2D eigenvalue weighted by Crippen LogP contribution is -2.41. The van der Waals surface area contributed by atoms with Gasteiger partial charge in [0.05, 0.1) is 25.2 Å². The Morgan fingerprint density at radius 3 is 2.03 bits per heavy atom. The monoisotopic (exact) mass is 470 g/mol. The third kappa shape index (κ3) is 6.54. The van der Waals surface area contributed by atoms with Crippen molar-refractivity contribution >= 4 is 23.7 Å². The van der Waals surface area contributed by atoms with E-state index in [2.05, 4.69) is 5.32 Å². The Morgan fingerprint density at radius 1 is 1.00 bits per heavy atom. The van der Waals surface area contributed by atoms with E-state index in [0.717, 1.165) is 5.56 Å². The molecule has 2 aromatic carbocycles. The van der Waals surface area contributed by atoms with E-state index in [1.54, 1.807) is 50.2 Å². The van der Waals surface area contributed by atoms with Crippen LogP contribution >= 0.6 is 7.60 Å². The van der Waals surface area contributed by atoms with Crippen LogP contribution in [0.4, 0.5) is 4.79 Å². The second kappa shape index (κ2) is 10.8. The molecule has 2 amide bonds. The maximum atomic E-state index is 13.4. The van der Waals surface area contributed by atoms with E-state index in [1.807, 2.05) is 11.6 Å². The van der Waals surface area contributed by atoms with Crippen molar-refractivity contribution in [1.29, 1.82) is 0 Å². The van der Waals surface area contributed by atoms with E-state index in [1.165, 1.54) is 19.2 Å². The minimum Gasteiger partial charge on any atom is -0.497 e. The largest absolute Gasteiger partial charge is 0.497 e. The van der Waals surface area contributed by atoms with Crippen molar-refractivity contribution in [2.24, 2.45) is 0 Å². The second-order valence-electron chi connectivity index (χ2n) is 6.44. The third-order valence-electron chi connectivity index (χ3n) is 4.19. The zero-order valence-corrected chi connectivity index (χ0v) is 19.5. The molecule has 0 bridgehead atoms. The first kappa shape index (κ1) is 24.9. The quantitative estimate of drug-likeness (QED) is 0.505. The zero-order chi connectivity index (χ0) is 23.1. The summed E-state index contributed by atoms with van der Waals surface area (Å²) in [4.78, 5) is 12.5. The molecule has 0 aliphatic rings. The Balaban J connectivity index is 2.33. The molecule has 2 rings (SSSR count). The fourth-order valence-corrected chi connectivity index (χ4v) is 5.55. The summed E-state index contributed by atoms with van der Waals surface area (Å²) in [6.07, 6.45) is 0. The summed E-state index contributed by atoms with van der Waals surface area (Å²) in [6.45, 7) is 5.22. The van der Waals surface area contributed by atoms with Gasteiger partial charge in [0, 0.05) is 0 Å². The third-order valence-corrected chi connectivity index (χ3v) is 7.83. The summed E-state index contributed by atoms with van der Waals surface area (Å²) in [5, 5.41) is 2.44. The SMILES string of the molecule is CCOP(=O)(OCC)C(NC(=O)NS(=O)(=O)c1ccc(C)cc1)c1ccc(OC)cc1. The van der Waals surface area contributed by atoms with Gasteiger partial charge >= 0.3 is 13.6 Å². The van der Waals surface area contributed by atoms with Gasteiger partial charge in [0.1, 0.15) is 5.75 Å². The highest BCUT2D eigenvalue weighted by molar-refractivity contribution is 7.90. The molecule has 1 atom stereocenters. The molecule has 2 N–H and O–H groups in total. The highest BCUT2D eigenvalue weighted by Crippen LogP contribution is 2.59. The van der Waals surface area contributed by atoms with Crippen LogP contribution in [0.2, 0.25) is 0 Å². The molecule has 0 saturated heterocycles. The normalized spacial score (nSPS) is 12.8. The van der Waals surface area contributed by atoms with Crippen molar-refractivity contribution in [2.45, 2.75) is 31.4 Å². The van der Waals surface area contributed by atoms with Crippen LogP contribution in [0.25, 0.3) is 0 Å². The van der Waals surface area contributed by atoms with Crippen LogP contribution in [0.1, 0.15) is 30.8 Å². The van der Waals surface area contributed by atoms with Crippen molar-refractivity contribution in [3.05, 3.63) is 59.7 Å². The van der Waals surface area contributed by atoms with Gasteiger partial charge in [-0.1, -0.05) is 29.8 Å². The number of benzene rings is 2. The summed E-state index contributed by atoms with van der Waals surface area (Å²) < 4.78 is 56.3. The molecule has 0 spiro atoms. The lowest BCUT2D eigenvalue weighted by molar-refractivity contribution is 0.204. The number of carbonyl (C=O) groups excluding carboxylic acids is 1. The van der Waals surface area contributed by atoms with Crippen LogP contribution in [0.3, 0.4) is 0 Å². The first-order chi connectivity index (χ1) is 14.6. The highest BCUT2D eigenvalue weighted by atomic mass is 32.2. The fourth-order valence-electron chi connectivity index (χ4n) is 2.73. The molecule has 0 aliphatic carbocycles. The van der Waals surface area contributed by atoms with Crippen molar-refractivity contribution in [3.8, 4) is 5.75 Å². The molecule has 11 heteroatoms. The van der Waals surface area contributed by atoms with Crippen LogP contribution in [-0.2, 0) is 23.6 Å². The Hall–Kier alpha value is -2.39. The predicted molar refractivity (Wildman–Crippen MR) is 117 cm³/mol. The molecule has 31 heavy (non-hydrogen) atoms. The maximum absolute atomic E-state index is 13.4. The van der Waals surface area contributed by atoms with E-state index < -0.39 is 29.4 Å². The van der Waals surface area contributed by atoms with Crippen LogP contribution < -0.4 is 14.8 Å². The molecule has 9 nitrogen and oxygen atoms in total. The number of ether oxygens (including phenoxy) is 1. The van der Waals surface area contributed by atoms with Gasteiger partial charge in [-0.05, 0) is 50.6 Å². The van der Waals surface area contributed by atoms with Gasteiger partial charge in [-0.25, -0.2) is 17.9 Å². The Labute approximate surface area is 182 Å². The molecule has 2 aromatic rings. The van der Waals surface area contributed by atoms with E-state index >= 15 is 0 Å². The number of aryl methyl sites for hydroxylation is 1. The van der Waals surface area contributed by atoms with Gasteiger partial charge in [0.15, 0.2) is 5.78 Å². The van der Waals surface area contributed by atoms with Crippen LogP contribution in [0, 0.1) is 6.92 Å². The molecule has 0 aliphatic heterocycles. The summed E-state index contributed by atoms with van der Waals surface area (Å²) in [6, 6.07) is 11.3. The number of carbonyl (C=O) groups is 1. The Morgan fingerprint density at radius 2 is 1.55 bits per heavy atom. The standard InChI is InChI=1S/C20H27N2O7PS/c1-5-28-30(24,29-6-2)19(16-9-11-17(27-4)12-10-16)21-20(23)22-31(25,26)18-13-7-15(3)8-14-18/h7-14,19H,5-6H2,1-4H3,(H2,21,22,23). The molecule has 0 aromatic heterocycles. The number of hydrogen-bond donors (Lipinski definition) is 2. The van der Waals surface area contributed by atoms with E-state index in [0.29, 0.717) is 11.3 Å². The average molecular weight is 470 g/mol. The van der Waals surface area contributed by atoms with Gasteiger partial charge < -0.3 is 19.1 Å². The molecule has 1 unspecified atom stereocenters. The lowest BCUT2D eigenvalue weighted by Gasteiger charge is -2.27. The number of methoxy groups -OCH3 is 1. The van der Waals surface area contributed by atoms with Gasteiger partial charge in [-0.3, -0.25) is 4.57 Å².